The van der Waals surface area contributed by atoms with E-state index in [9.17, 15) is 13.6 Å². The van der Waals surface area contributed by atoms with Gasteiger partial charge in [-0.25, -0.2) is 8.78 Å². The minimum atomic E-state index is -0.763. The van der Waals surface area contributed by atoms with Crippen molar-refractivity contribution in [2.45, 2.75) is 86.0 Å². The number of nitrogens with zero attached hydrogens (tertiary/aromatic N) is 1. The molecule has 0 aromatic heterocycles. The molecule has 0 saturated heterocycles. The first-order valence-corrected chi connectivity index (χ1v) is 11.1. The van der Waals surface area contributed by atoms with Gasteiger partial charge in [0.1, 0.15) is 17.2 Å². The first-order valence-electron chi connectivity index (χ1n) is 11.1. The molecule has 1 rings (SSSR count). The number of rotatable bonds is 13. The molecular weight excluding hydrogens is 356 g/mol. The number of amides is 1. The smallest absolute Gasteiger partial charge is 0.259 e. The Hall–Kier alpha value is -1.45. The van der Waals surface area contributed by atoms with Gasteiger partial charge in [-0.1, -0.05) is 72.3 Å². The number of hydrogen-bond donors (Lipinski definition) is 0. The molecule has 2 atom stereocenters. The molecule has 0 aliphatic carbocycles. The van der Waals surface area contributed by atoms with E-state index in [1.165, 1.54) is 12.1 Å². The van der Waals surface area contributed by atoms with E-state index < -0.39 is 23.1 Å². The zero-order valence-corrected chi connectivity index (χ0v) is 18.5. The normalized spacial score (nSPS) is 13.4. The predicted octanol–water partition coefficient (Wildman–Crippen LogP) is 7.15. The van der Waals surface area contributed by atoms with E-state index in [-0.39, 0.29) is 0 Å². The molecule has 160 valence electrons. The Morgan fingerprint density at radius 2 is 1.43 bits per heavy atom. The summed E-state index contributed by atoms with van der Waals surface area (Å²) in [6.45, 7) is 11.3. The summed E-state index contributed by atoms with van der Waals surface area (Å²) in [5.74, 6) is -1.25. The second-order valence-electron chi connectivity index (χ2n) is 8.10. The lowest BCUT2D eigenvalue weighted by Gasteiger charge is -2.31. The molecule has 1 aromatic carbocycles. The van der Waals surface area contributed by atoms with Gasteiger partial charge in [0, 0.05) is 13.1 Å². The summed E-state index contributed by atoms with van der Waals surface area (Å²) in [4.78, 5) is 15.0. The third-order valence-corrected chi connectivity index (χ3v) is 5.83. The molecule has 4 heteroatoms. The molecule has 0 N–H and O–H groups in total. The topological polar surface area (TPSA) is 20.3 Å². The molecule has 28 heavy (non-hydrogen) atoms. The average Bonchev–Trinajstić information content (AvgIpc) is 2.69. The van der Waals surface area contributed by atoms with Crippen LogP contribution in [0.1, 0.15) is 95.0 Å². The Kier molecular flexibility index (Phi) is 11.3. The summed E-state index contributed by atoms with van der Waals surface area (Å²) in [7, 11) is 0. The van der Waals surface area contributed by atoms with Gasteiger partial charge in [0.25, 0.3) is 5.91 Å². The molecule has 0 heterocycles. The number of carbonyl (C=O) groups excluding carboxylic acids is 1. The van der Waals surface area contributed by atoms with Crippen molar-refractivity contribution < 1.29 is 13.6 Å². The van der Waals surface area contributed by atoms with Crippen LogP contribution in [-0.2, 0) is 0 Å². The second-order valence-corrected chi connectivity index (χ2v) is 8.10. The molecule has 0 spiro atoms. The molecule has 0 radical (unpaired) electrons. The van der Waals surface area contributed by atoms with Crippen LogP contribution in [0.5, 0.6) is 0 Å². The maximum atomic E-state index is 14.6. The second kappa shape index (κ2) is 12.9. The molecule has 2 nitrogen and oxygen atoms in total. The van der Waals surface area contributed by atoms with Crippen molar-refractivity contribution >= 4 is 5.91 Å². The van der Waals surface area contributed by atoms with Gasteiger partial charge in [-0.3, -0.25) is 4.79 Å². The third kappa shape index (κ3) is 7.18. The first kappa shape index (κ1) is 24.6. The van der Waals surface area contributed by atoms with Crippen molar-refractivity contribution in [2.75, 3.05) is 13.1 Å². The number of carbonyl (C=O) groups is 1. The Balaban J connectivity index is 3.14. The standard InChI is InChI=1S/C24H39F2NO/c1-6-10-12-19(8-3)16-27(17-20(9-4)13-11-7-2)24(28)22-21(25)15-14-18(5)23(22)26/h14-15,19-20H,6-13,16-17H2,1-5H3. The van der Waals surface area contributed by atoms with Gasteiger partial charge in [0.15, 0.2) is 0 Å². The molecule has 0 bridgehead atoms. The van der Waals surface area contributed by atoms with Crippen LogP contribution in [0, 0.1) is 30.4 Å². The van der Waals surface area contributed by atoms with Crippen molar-refractivity contribution in [3.05, 3.63) is 34.9 Å². The lowest BCUT2D eigenvalue weighted by molar-refractivity contribution is 0.0674. The molecule has 1 amide bonds. The largest absolute Gasteiger partial charge is 0.338 e. The minimum absolute atomic E-state index is 0.306. The van der Waals surface area contributed by atoms with E-state index in [1.54, 1.807) is 11.8 Å². The minimum Gasteiger partial charge on any atom is -0.338 e. The van der Waals surface area contributed by atoms with Crippen LogP contribution in [0.4, 0.5) is 8.78 Å². The van der Waals surface area contributed by atoms with Gasteiger partial charge in [-0.2, -0.15) is 0 Å². The highest BCUT2D eigenvalue weighted by Crippen LogP contribution is 2.23. The molecule has 0 saturated carbocycles. The number of hydrogen-bond acceptors (Lipinski definition) is 1. The summed E-state index contributed by atoms with van der Waals surface area (Å²) < 4.78 is 29.0. The van der Waals surface area contributed by atoms with Crippen LogP contribution in [0.15, 0.2) is 12.1 Å². The molecular formula is C24H39F2NO. The maximum Gasteiger partial charge on any atom is 0.259 e. The van der Waals surface area contributed by atoms with Crippen LogP contribution in [0.3, 0.4) is 0 Å². The fourth-order valence-corrected chi connectivity index (χ4v) is 3.71. The monoisotopic (exact) mass is 395 g/mol. The summed E-state index contributed by atoms with van der Waals surface area (Å²) in [5.41, 5.74) is -0.0866. The van der Waals surface area contributed by atoms with Crippen LogP contribution >= 0.6 is 0 Å². The van der Waals surface area contributed by atoms with Crippen LogP contribution in [0.2, 0.25) is 0 Å². The fraction of sp³-hybridized carbons (Fsp3) is 0.708. The van der Waals surface area contributed by atoms with Crippen molar-refractivity contribution in [3.63, 3.8) is 0 Å². The van der Waals surface area contributed by atoms with E-state index in [0.29, 0.717) is 30.5 Å². The van der Waals surface area contributed by atoms with E-state index in [2.05, 4.69) is 27.7 Å². The highest BCUT2D eigenvalue weighted by Gasteiger charge is 2.27. The highest BCUT2D eigenvalue weighted by atomic mass is 19.1. The fourth-order valence-electron chi connectivity index (χ4n) is 3.71. The number of aryl methyl sites for hydroxylation is 1. The van der Waals surface area contributed by atoms with Gasteiger partial charge >= 0.3 is 0 Å². The number of halogens is 2. The Bertz CT molecular complexity index is 585. The van der Waals surface area contributed by atoms with Crippen LogP contribution < -0.4 is 0 Å². The van der Waals surface area contributed by atoms with E-state index >= 15 is 0 Å². The van der Waals surface area contributed by atoms with E-state index in [4.69, 9.17) is 0 Å². The van der Waals surface area contributed by atoms with Crippen molar-refractivity contribution in [1.29, 1.82) is 0 Å². The lowest BCUT2D eigenvalue weighted by atomic mass is 9.95. The molecule has 2 unspecified atom stereocenters. The Morgan fingerprint density at radius 3 is 1.86 bits per heavy atom. The lowest BCUT2D eigenvalue weighted by Crippen LogP contribution is -2.40. The number of unbranched alkanes of at least 4 members (excludes halogenated alkanes) is 2. The average molecular weight is 396 g/mol. The van der Waals surface area contributed by atoms with Gasteiger partial charge in [0.05, 0.1) is 0 Å². The Morgan fingerprint density at radius 1 is 0.929 bits per heavy atom. The zero-order valence-electron chi connectivity index (χ0n) is 18.5. The van der Waals surface area contributed by atoms with E-state index in [1.807, 2.05) is 0 Å². The van der Waals surface area contributed by atoms with Crippen LogP contribution in [-0.4, -0.2) is 23.9 Å². The third-order valence-electron chi connectivity index (χ3n) is 5.83. The summed E-state index contributed by atoms with van der Waals surface area (Å²) >= 11 is 0. The van der Waals surface area contributed by atoms with Crippen molar-refractivity contribution in [2.24, 2.45) is 11.8 Å². The van der Waals surface area contributed by atoms with E-state index in [0.717, 1.165) is 51.4 Å². The quantitative estimate of drug-likeness (QED) is 0.347. The zero-order chi connectivity index (χ0) is 21.1. The first-order chi connectivity index (χ1) is 13.4. The van der Waals surface area contributed by atoms with Crippen molar-refractivity contribution in [3.8, 4) is 0 Å². The van der Waals surface area contributed by atoms with Crippen molar-refractivity contribution in [1.82, 2.24) is 4.90 Å². The predicted molar refractivity (Wildman–Crippen MR) is 114 cm³/mol. The van der Waals surface area contributed by atoms with Gasteiger partial charge < -0.3 is 4.90 Å². The molecule has 0 fully saturated rings. The Labute approximate surface area is 170 Å². The summed E-state index contributed by atoms with van der Waals surface area (Å²) in [6, 6.07) is 2.59. The summed E-state index contributed by atoms with van der Waals surface area (Å²) in [6.07, 6.45) is 8.46. The SMILES string of the molecule is CCCCC(CC)CN(CC(CC)CCCC)C(=O)c1c(F)ccc(C)c1F. The summed E-state index contributed by atoms with van der Waals surface area (Å²) in [5, 5.41) is 0. The molecule has 0 aliphatic rings. The van der Waals surface area contributed by atoms with Crippen LogP contribution in [0.25, 0.3) is 0 Å². The van der Waals surface area contributed by atoms with Gasteiger partial charge in [-0.15, -0.1) is 0 Å². The van der Waals surface area contributed by atoms with Gasteiger partial charge in [-0.05, 0) is 43.2 Å². The maximum absolute atomic E-state index is 14.6. The number of benzene rings is 1. The van der Waals surface area contributed by atoms with Gasteiger partial charge in [0.2, 0.25) is 0 Å². The highest BCUT2D eigenvalue weighted by molar-refractivity contribution is 5.95. The molecule has 0 aliphatic heterocycles. The molecule has 1 aromatic rings.